The van der Waals surface area contributed by atoms with E-state index in [1.54, 1.807) is 18.2 Å². The number of rotatable bonds is 4. The molecule has 0 radical (unpaired) electrons. The maximum atomic E-state index is 12.8. The summed E-state index contributed by atoms with van der Waals surface area (Å²) < 4.78 is 27.0. The van der Waals surface area contributed by atoms with Crippen LogP contribution in [-0.2, 0) is 21.4 Å². The van der Waals surface area contributed by atoms with E-state index in [4.69, 9.17) is 0 Å². The van der Waals surface area contributed by atoms with E-state index in [0.717, 1.165) is 5.56 Å². The Bertz CT molecular complexity index is 800. The van der Waals surface area contributed by atoms with Gasteiger partial charge in [0, 0.05) is 13.0 Å². The van der Waals surface area contributed by atoms with Crippen LogP contribution in [0.3, 0.4) is 0 Å². The summed E-state index contributed by atoms with van der Waals surface area (Å²) >= 11 is 0. The molecule has 114 valence electrons. The minimum atomic E-state index is -3.56. The molecule has 2 aromatic carbocycles. The van der Waals surface area contributed by atoms with Gasteiger partial charge in [-0.15, -0.1) is 0 Å². The predicted octanol–water partition coefficient (Wildman–Crippen LogP) is 2.91. The number of hydrogen-bond donors (Lipinski definition) is 0. The molecule has 0 aliphatic carbocycles. The fourth-order valence-electron chi connectivity index (χ4n) is 2.88. The monoisotopic (exact) mass is 315 g/mol. The zero-order chi connectivity index (χ0) is 15.7. The molecule has 0 amide bonds. The normalized spacial score (nSPS) is 19.8. The second-order valence-corrected chi connectivity index (χ2v) is 7.35. The minimum Gasteiger partial charge on any atom is -0.300 e. The van der Waals surface area contributed by atoms with Crippen molar-refractivity contribution in [1.29, 1.82) is 0 Å². The molecule has 1 aliphatic heterocycles. The van der Waals surface area contributed by atoms with Crippen LogP contribution in [0, 0.1) is 0 Å². The van der Waals surface area contributed by atoms with Crippen molar-refractivity contribution in [3.05, 3.63) is 65.7 Å². The molecule has 5 heteroatoms. The molecule has 1 aliphatic rings. The summed E-state index contributed by atoms with van der Waals surface area (Å²) in [6.45, 7) is 1.77. The van der Waals surface area contributed by atoms with Crippen molar-refractivity contribution >= 4 is 15.8 Å². The van der Waals surface area contributed by atoms with Crippen molar-refractivity contribution in [3.8, 4) is 0 Å². The number of hydrogen-bond acceptors (Lipinski definition) is 3. The molecule has 0 N–H and O–H groups in total. The van der Waals surface area contributed by atoms with Gasteiger partial charge in [-0.1, -0.05) is 48.5 Å². The average molecular weight is 315 g/mol. The van der Waals surface area contributed by atoms with E-state index in [9.17, 15) is 13.2 Å². The van der Waals surface area contributed by atoms with Crippen LogP contribution in [0.2, 0.25) is 0 Å². The van der Waals surface area contributed by atoms with Gasteiger partial charge >= 0.3 is 0 Å². The smallest absolute Gasteiger partial charge is 0.244 e. The Kier molecular flexibility index (Phi) is 3.85. The number of carbonyl (C=O) groups is 1. The van der Waals surface area contributed by atoms with Crippen molar-refractivity contribution in [2.24, 2.45) is 0 Å². The summed E-state index contributed by atoms with van der Waals surface area (Å²) in [5.74, 6) is -0.0186. The summed E-state index contributed by atoms with van der Waals surface area (Å²) in [4.78, 5) is 11.9. The molecular formula is C17H17NO3S. The van der Waals surface area contributed by atoms with E-state index in [0.29, 0.717) is 10.5 Å². The second kappa shape index (κ2) is 5.66. The first-order valence-corrected chi connectivity index (χ1v) is 8.58. The van der Waals surface area contributed by atoms with Gasteiger partial charge in [0.1, 0.15) is 5.78 Å². The molecule has 2 aromatic rings. The molecule has 0 bridgehead atoms. The van der Waals surface area contributed by atoms with E-state index in [1.807, 2.05) is 36.4 Å². The minimum absolute atomic E-state index is 0.0186. The van der Waals surface area contributed by atoms with Crippen molar-refractivity contribution in [1.82, 2.24) is 4.31 Å². The van der Waals surface area contributed by atoms with E-state index < -0.39 is 16.1 Å². The van der Waals surface area contributed by atoms with Gasteiger partial charge in [-0.3, -0.25) is 4.79 Å². The molecule has 22 heavy (non-hydrogen) atoms. The molecule has 0 spiro atoms. The van der Waals surface area contributed by atoms with Crippen molar-refractivity contribution in [2.75, 3.05) is 0 Å². The van der Waals surface area contributed by atoms with Crippen LogP contribution in [0.15, 0.2) is 59.5 Å². The third kappa shape index (κ3) is 2.58. The van der Waals surface area contributed by atoms with Crippen molar-refractivity contribution in [2.45, 2.75) is 30.8 Å². The van der Waals surface area contributed by atoms with Gasteiger partial charge < -0.3 is 0 Å². The molecule has 4 nitrogen and oxygen atoms in total. The quantitative estimate of drug-likeness (QED) is 0.871. The van der Waals surface area contributed by atoms with Crippen LogP contribution in [0.4, 0.5) is 0 Å². The van der Waals surface area contributed by atoms with Gasteiger partial charge in [0.2, 0.25) is 10.0 Å². The summed E-state index contributed by atoms with van der Waals surface area (Å²) in [5, 5.41) is 0. The van der Waals surface area contributed by atoms with Gasteiger partial charge in [0.05, 0.1) is 10.9 Å². The van der Waals surface area contributed by atoms with Gasteiger partial charge in [-0.25, -0.2) is 8.42 Å². The molecular weight excluding hydrogens is 298 g/mol. The lowest BCUT2D eigenvalue weighted by Gasteiger charge is -2.22. The third-order valence-electron chi connectivity index (χ3n) is 3.87. The lowest BCUT2D eigenvalue weighted by Crippen LogP contribution is -2.29. The maximum Gasteiger partial charge on any atom is 0.244 e. The number of Topliss-reactive ketones (excluding diaryl/α,β-unsaturated/α-hetero) is 1. The summed E-state index contributed by atoms with van der Waals surface area (Å²) in [6, 6.07) is 16.0. The number of benzene rings is 2. The highest BCUT2D eigenvalue weighted by Crippen LogP contribution is 2.42. The Morgan fingerprint density at radius 2 is 1.68 bits per heavy atom. The van der Waals surface area contributed by atoms with E-state index in [-0.39, 0.29) is 18.7 Å². The standard InChI is InChI=1S/C17H17NO3S/c1-13(19)11-16-15-9-5-6-10-17(15)22(20,21)18(16)12-14-7-3-2-4-8-14/h2-10,16H,11-12H2,1H3/t16-/m0/s1. The van der Waals surface area contributed by atoms with Crippen LogP contribution < -0.4 is 0 Å². The Morgan fingerprint density at radius 1 is 1.05 bits per heavy atom. The molecule has 3 rings (SSSR count). The lowest BCUT2D eigenvalue weighted by molar-refractivity contribution is -0.117. The zero-order valence-corrected chi connectivity index (χ0v) is 13.1. The number of fused-ring (bicyclic) bond motifs is 1. The maximum absolute atomic E-state index is 12.8. The van der Waals surface area contributed by atoms with Crippen LogP contribution in [0.25, 0.3) is 0 Å². The Hall–Kier alpha value is -1.98. The SMILES string of the molecule is CC(=O)C[C@H]1c2ccccc2S(=O)(=O)N1Cc1ccccc1. The van der Waals surface area contributed by atoms with Crippen LogP contribution in [-0.4, -0.2) is 18.5 Å². The van der Waals surface area contributed by atoms with Crippen molar-refractivity contribution in [3.63, 3.8) is 0 Å². The highest BCUT2D eigenvalue weighted by Gasteiger charge is 2.42. The highest BCUT2D eigenvalue weighted by molar-refractivity contribution is 7.89. The summed E-state index contributed by atoms with van der Waals surface area (Å²) in [6.07, 6.45) is 0.197. The van der Waals surface area contributed by atoms with E-state index in [2.05, 4.69) is 0 Å². The fourth-order valence-corrected chi connectivity index (χ4v) is 4.73. The molecule has 0 saturated carbocycles. The molecule has 0 unspecified atom stereocenters. The molecule has 1 atom stereocenters. The Balaban J connectivity index is 2.05. The van der Waals surface area contributed by atoms with E-state index in [1.165, 1.54) is 11.2 Å². The Morgan fingerprint density at radius 3 is 2.36 bits per heavy atom. The first kappa shape index (κ1) is 14.9. The lowest BCUT2D eigenvalue weighted by atomic mass is 10.0. The van der Waals surface area contributed by atoms with E-state index >= 15 is 0 Å². The summed E-state index contributed by atoms with van der Waals surface area (Å²) in [5.41, 5.74) is 1.63. The summed E-state index contributed by atoms with van der Waals surface area (Å²) in [7, 11) is -3.56. The zero-order valence-electron chi connectivity index (χ0n) is 12.3. The van der Waals surface area contributed by atoms with Gasteiger partial charge in [-0.2, -0.15) is 4.31 Å². The van der Waals surface area contributed by atoms with Crippen molar-refractivity contribution < 1.29 is 13.2 Å². The second-order valence-electron chi connectivity index (χ2n) is 5.50. The highest BCUT2D eigenvalue weighted by atomic mass is 32.2. The fraction of sp³-hybridized carbons (Fsp3) is 0.235. The molecule has 0 saturated heterocycles. The van der Waals surface area contributed by atoms with Crippen LogP contribution in [0.5, 0.6) is 0 Å². The topological polar surface area (TPSA) is 54.5 Å². The molecule has 0 aromatic heterocycles. The number of carbonyl (C=O) groups excluding carboxylic acids is 1. The van der Waals surface area contributed by atoms with Gasteiger partial charge in [0.25, 0.3) is 0 Å². The van der Waals surface area contributed by atoms with Gasteiger partial charge in [-0.05, 0) is 24.1 Å². The number of nitrogens with zero attached hydrogens (tertiary/aromatic N) is 1. The number of sulfonamides is 1. The van der Waals surface area contributed by atoms with Crippen LogP contribution >= 0.6 is 0 Å². The number of ketones is 1. The molecule has 0 fully saturated rings. The largest absolute Gasteiger partial charge is 0.300 e. The predicted molar refractivity (Wildman–Crippen MR) is 83.7 cm³/mol. The average Bonchev–Trinajstić information content (AvgIpc) is 2.70. The van der Waals surface area contributed by atoms with Crippen LogP contribution in [0.1, 0.15) is 30.5 Å². The molecule has 1 heterocycles. The van der Waals surface area contributed by atoms with Gasteiger partial charge in [0.15, 0.2) is 0 Å². The first-order valence-electron chi connectivity index (χ1n) is 7.14. The first-order chi connectivity index (χ1) is 10.5. The third-order valence-corrected chi connectivity index (χ3v) is 5.80. The Labute approximate surface area is 130 Å².